The topological polar surface area (TPSA) is 79.5 Å². The third kappa shape index (κ3) is 4.42. The van der Waals surface area contributed by atoms with Crippen molar-refractivity contribution in [3.8, 4) is 11.4 Å². The molecule has 1 atom stereocenters. The molecule has 1 aromatic heterocycles. The Morgan fingerprint density at radius 2 is 1.61 bits per heavy atom. The molecule has 3 aromatic rings. The lowest BCUT2D eigenvalue weighted by molar-refractivity contribution is 0.124. The molecule has 0 bridgehead atoms. The first-order valence-corrected chi connectivity index (χ1v) is 11.9. The van der Waals surface area contributed by atoms with Gasteiger partial charge in [0.1, 0.15) is 0 Å². The van der Waals surface area contributed by atoms with Crippen molar-refractivity contribution in [1.29, 1.82) is 0 Å². The van der Waals surface area contributed by atoms with Crippen molar-refractivity contribution in [3.05, 3.63) is 65.0 Å². The van der Waals surface area contributed by atoms with Crippen LogP contribution in [0.4, 0.5) is 0 Å². The molecule has 2 aromatic carbocycles. The Morgan fingerprint density at radius 3 is 2.26 bits per heavy atom. The van der Waals surface area contributed by atoms with Crippen LogP contribution in [0.1, 0.15) is 35.5 Å². The maximum absolute atomic E-state index is 13.0. The average Bonchev–Trinajstić information content (AvgIpc) is 3.26. The van der Waals surface area contributed by atoms with E-state index >= 15 is 0 Å². The zero-order chi connectivity index (χ0) is 22.2. The van der Waals surface area contributed by atoms with E-state index in [1.807, 2.05) is 58.0 Å². The standard InChI is InChI=1S/C23H28N4O3S/c1-16-5-8-20(9-6-16)22-24-23(30-25-22)19(4)26-11-13-27(14-12-26)31(28,29)21-10-7-17(2)18(3)15-21/h5-10,15,19H,11-14H2,1-4H3. The van der Waals surface area contributed by atoms with Gasteiger partial charge in [0.05, 0.1) is 10.9 Å². The smallest absolute Gasteiger partial charge is 0.244 e. The molecule has 31 heavy (non-hydrogen) atoms. The monoisotopic (exact) mass is 440 g/mol. The first kappa shape index (κ1) is 21.7. The van der Waals surface area contributed by atoms with Crippen molar-refractivity contribution in [2.75, 3.05) is 26.2 Å². The molecule has 164 valence electrons. The van der Waals surface area contributed by atoms with Crippen LogP contribution in [0.15, 0.2) is 51.9 Å². The largest absolute Gasteiger partial charge is 0.337 e. The van der Waals surface area contributed by atoms with Gasteiger partial charge in [0.15, 0.2) is 0 Å². The van der Waals surface area contributed by atoms with Crippen LogP contribution in [0.5, 0.6) is 0 Å². The summed E-state index contributed by atoms with van der Waals surface area (Å²) in [5.41, 5.74) is 4.16. The highest BCUT2D eigenvalue weighted by atomic mass is 32.2. The fourth-order valence-electron chi connectivity index (χ4n) is 3.74. The Labute approximate surface area is 183 Å². The third-order valence-corrected chi connectivity index (χ3v) is 7.94. The summed E-state index contributed by atoms with van der Waals surface area (Å²) in [4.78, 5) is 7.10. The maximum Gasteiger partial charge on any atom is 0.244 e. The van der Waals surface area contributed by atoms with Gasteiger partial charge in [0.2, 0.25) is 21.7 Å². The van der Waals surface area contributed by atoms with Gasteiger partial charge in [-0.3, -0.25) is 4.90 Å². The quantitative estimate of drug-likeness (QED) is 0.601. The van der Waals surface area contributed by atoms with E-state index in [9.17, 15) is 8.42 Å². The molecule has 1 fully saturated rings. The van der Waals surface area contributed by atoms with Crippen LogP contribution in [-0.4, -0.2) is 53.9 Å². The molecule has 4 rings (SSSR count). The van der Waals surface area contributed by atoms with Crippen LogP contribution in [0.2, 0.25) is 0 Å². The number of piperazine rings is 1. The van der Waals surface area contributed by atoms with E-state index in [2.05, 4.69) is 15.0 Å². The molecular formula is C23H28N4O3S. The van der Waals surface area contributed by atoms with Crippen LogP contribution < -0.4 is 0 Å². The van der Waals surface area contributed by atoms with Crippen LogP contribution in [-0.2, 0) is 10.0 Å². The first-order chi connectivity index (χ1) is 14.8. The minimum Gasteiger partial charge on any atom is -0.337 e. The van der Waals surface area contributed by atoms with Crippen LogP contribution in [0.25, 0.3) is 11.4 Å². The lowest BCUT2D eigenvalue weighted by Crippen LogP contribution is -2.49. The number of nitrogens with zero attached hydrogens (tertiary/aromatic N) is 4. The summed E-state index contributed by atoms with van der Waals surface area (Å²) < 4.78 is 33.2. The molecule has 7 nitrogen and oxygen atoms in total. The van der Waals surface area contributed by atoms with Gasteiger partial charge in [-0.2, -0.15) is 9.29 Å². The highest BCUT2D eigenvalue weighted by Gasteiger charge is 2.32. The van der Waals surface area contributed by atoms with Crippen molar-refractivity contribution in [1.82, 2.24) is 19.3 Å². The highest BCUT2D eigenvalue weighted by molar-refractivity contribution is 7.89. The van der Waals surface area contributed by atoms with E-state index in [0.29, 0.717) is 42.8 Å². The molecule has 8 heteroatoms. The number of hydrogen-bond acceptors (Lipinski definition) is 6. The van der Waals surface area contributed by atoms with Gasteiger partial charge >= 0.3 is 0 Å². The molecular weight excluding hydrogens is 412 g/mol. The molecule has 1 aliphatic heterocycles. The van der Waals surface area contributed by atoms with Gasteiger partial charge in [-0.15, -0.1) is 0 Å². The van der Waals surface area contributed by atoms with Crippen molar-refractivity contribution in [2.24, 2.45) is 0 Å². The summed E-state index contributed by atoms with van der Waals surface area (Å²) in [5.74, 6) is 1.11. The second kappa shape index (κ2) is 8.53. The summed E-state index contributed by atoms with van der Waals surface area (Å²) in [7, 11) is -3.50. The van der Waals surface area contributed by atoms with Gasteiger partial charge in [0, 0.05) is 31.7 Å². The summed E-state index contributed by atoms with van der Waals surface area (Å²) >= 11 is 0. The van der Waals surface area contributed by atoms with Crippen molar-refractivity contribution >= 4 is 10.0 Å². The van der Waals surface area contributed by atoms with Gasteiger partial charge in [0.25, 0.3) is 0 Å². The predicted molar refractivity (Wildman–Crippen MR) is 119 cm³/mol. The molecule has 2 heterocycles. The Bertz CT molecular complexity index is 1160. The molecule has 0 saturated carbocycles. The molecule has 1 saturated heterocycles. The fraction of sp³-hybridized carbons (Fsp3) is 0.391. The normalized spacial score (nSPS) is 17.0. The second-order valence-corrected chi connectivity index (χ2v) is 10.1. The predicted octanol–water partition coefficient (Wildman–Crippen LogP) is 3.73. The van der Waals surface area contributed by atoms with Crippen LogP contribution in [0, 0.1) is 20.8 Å². The fourth-order valence-corrected chi connectivity index (χ4v) is 5.24. The van der Waals surface area contributed by atoms with Crippen LogP contribution in [0.3, 0.4) is 0 Å². The summed E-state index contributed by atoms with van der Waals surface area (Å²) in [6, 6.07) is 13.2. The Hall–Kier alpha value is -2.55. The Balaban J connectivity index is 1.42. The van der Waals surface area contributed by atoms with E-state index in [4.69, 9.17) is 4.52 Å². The lowest BCUT2D eigenvalue weighted by Gasteiger charge is -2.36. The number of aromatic nitrogens is 2. The molecule has 0 radical (unpaired) electrons. The molecule has 0 amide bonds. The third-order valence-electron chi connectivity index (χ3n) is 6.05. The van der Waals surface area contributed by atoms with Crippen molar-refractivity contribution < 1.29 is 12.9 Å². The van der Waals surface area contributed by atoms with Crippen molar-refractivity contribution in [2.45, 2.75) is 38.6 Å². The zero-order valence-electron chi connectivity index (χ0n) is 18.4. The van der Waals surface area contributed by atoms with Crippen LogP contribution >= 0.6 is 0 Å². The summed E-state index contributed by atoms with van der Waals surface area (Å²) in [6.07, 6.45) is 0. The van der Waals surface area contributed by atoms with E-state index in [0.717, 1.165) is 16.7 Å². The molecule has 1 aliphatic rings. The molecule has 0 N–H and O–H groups in total. The zero-order valence-corrected chi connectivity index (χ0v) is 19.2. The summed E-state index contributed by atoms with van der Waals surface area (Å²) in [5, 5.41) is 4.12. The van der Waals surface area contributed by atoms with Gasteiger partial charge in [-0.25, -0.2) is 8.42 Å². The minimum atomic E-state index is -3.50. The highest BCUT2D eigenvalue weighted by Crippen LogP contribution is 2.26. The van der Waals surface area contributed by atoms with Crippen molar-refractivity contribution in [3.63, 3.8) is 0 Å². The molecule has 1 unspecified atom stereocenters. The van der Waals surface area contributed by atoms with E-state index in [-0.39, 0.29) is 6.04 Å². The number of aryl methyl sites for hydroxylation is 3. The van der Waals surface area contributed by atoms with Gasteiger partial charge < -0.3 is 4.52 Å². The second-order valence-electron chi connectivity index (χ2n) is 8.18. The SMILES string of the molecule is Cc1ccc(-c2noc(C(C)N3CCN(S(=O)(=O)c4ccc(C)c(C)c4)CC3)n2)cc1. The molecule has 0 spiro atoms. The average molecular weight is 441 g/mol. The summed E-state index contributed by atoms with van der Waals surface area (Å²) in [6.45, 7) is 10.0. The van der Waals surface area contributed by atoms with E-state index in [1.54, 1.807) is 16.4 Å². The van der Waals surface area contributed by atoms with Gasteiger partial charge in [-0.05, 0) is 51.0 Å². The number of hydrogen-bond donors (Lipinski definition) is 0. The Kier molecular flexibility index (Phi) is 5.96. The lowest BCUT2D eigenvalue weighted by atomic mass is 10.1. The number of benzene rings is 2. The van der Waals surface area contributed by atoms with E-state index < -0.39 is 10.0 Å². The van der Waals surface area contributed by atoms with E-state index in [1.165, 1.54) is 5.56 Å². The van der Waals surface area contributed by atoms with Gasteiger partial charge in [-0.1, -0.05) is 41.1 Å². The molecule has 0 aliphatic carbocycles. The minimum absolute atomic E-state index is 0.0850. The number of rotatable bonds is 5. The maximum atomic E-state index is 13.0. The first-order valence-electron chi connectivity index (χ1n) is 10.5. The number of sulfonamides is 1. The Morgan fingerprint density at radius 1 is 0.935 bits per heavy atom.